The van der Waals surface area contributed by atoms with Crippen LogP contribution in [-0.4, -0.2) is 5.91 Å². The van der Waals surface area contributed by atoms with Gasteiger partial charge < -0.3 is 5.73 Å². The third kappa shape index (κ3) is 1.55. The second-order valence-electron chi connectivity index (χ2n) is 2.08. The van der Waals surface area contributed by atoms with Crippen molar-refractivity contribution in [1.82, 2.24) is 0 Å². The molecule has 0 aliphatic rings. The fourth-order valence-corrected chi connectivity index (χ4v) is 1.44. The van der Waals surface area contributed by atoms with Crippen LogP contribution in [0.5, 0.6) is 0 Å². The number of halogens is 3. The number of rotatable bonds is 1. The van der Waals surface area contributed by atoms with Gasteiger partial charge in [-0.15, -0.1) is 0 Å². The number of carbonyl (C=O) groups excluding carboxylic acids is 1. The van der Waals surface area contributed by atoms with Gasteiger partial charge in [0.05, 0.1) is 5.56 Å². The van der Waals surface area contributed by atoms with E-state index in [-0.39, 0.29) is 0 Å². The summed E-state index contributed by atoms with van der Waals surface area (Å²) in [6.07, 6.45) is 0. The van der Waals surface area contributed by atoms with Crippen LogP contribution in [0.1, 0.15) is 10.4 Å². The van der Waals surface area contributed by atoms with Gasteiger partial charge in [0.15, 0.2) is 11.6 Å². The molecular formula is C7H4F2INO. The zero-order chi connectivity index (χ0) is 9.30. The van der Waals surface area contributed by atoms with E-state index in [2.05, 4.69) is 0 Å². The van der Waals surface area contributed by atoms with E-state index < -0.39 is 23.1 Å². The molecule has 12 heavy (non-hydrogen) atoms. The van der Waals surface area contributed by atoms with Crippen LogP contribution in [-0.2, 0) is 0 Å². The molecule has 2 N–H and O–H groups in total. The third-order valence-corrected chi connectivity index (χ3v) is 2.19. The summed E-state index contributed by atoms with van der Waals surface area (Å²) in [5.41, 5.74) is 4.44. The van der Waals surface area contributed by atoms with Crippen LogP contribution in [0.15, 0.2) is 12.1 Å². The Balaban J connectivity index is 3.43. The summed E-state index contributed by atoms with van der Waals surface area (Å²) in [6.45, 7) is 0. The molecule has 0 fully saturated rings. The van der Waals surface area contributed by atoms with Gasteiger partial charge in [-0.1, -0.05) is 0 Å². The molecule has 5 heteroatoms. The number of nitrogens with two attached hydrogens (primary N) is 1. The van der Waals surface area contributed by atoms with Crippen LogP contribution in [0.2, 0.25) is 0 Å². The van der Waals surface area contributed by atoms with Crippen LogP contribution >= 0.6 is 22.6 Å². The topological polar surface area (TPSA) is 43.1 Å². The predicted octanol–water partition coefficient (Wildman–Crippen LogP) is 1.67. The van der Waals surface area contributed by atoms with Gasteiger partial charge in [0, 0.05) is 3.57 Å². The van der Waals surface area contributed by atoms with E-state index in [0.717, 1.165) is 6.07 Å². The molecule has 0 aliphatic heterocycles. The van der Waals surface area contributed by atoms with E-state index >= 15 is 0 Å². The molecule has 0 saturated carbocycles. The van der Waals surface area contributed by atoms with Gasteiger partial charge in [-0.2, -0.15) is 0 Å². The van der Waals surface area contributed by atoms with Crippen molar-refractivity contribution in [3.63, 3.8) is 0 Å². The molecular weight excluding hydrogens is 279 g/mol. The molecule has 1 aromatic carbocycles. The van der Waals surface area contributed by atoms with Crippen molar-refractivity contribution in [2.75, 3.05) is 0 Å². The summed E-state index contributed by atoms with van der Waals surface area (Å²) in [7, 11) is 0. The smallest absolute Gasteiger partial charge is 0.252 e. The number of primary amides is 1. The van der Waals surface area contributed by atoms with Crippen LogP contribution in [0.3, 0.4) is 0 Å². The Morgan fingerprint density at radius 3 is 2.42 bits per heavy atom. The summed E-state index contributed by atoms with van der Waals surface area (Å²) in [5.74, 6) is -3.21. The first kappa shape index (κ1) is 9.37. The molecule has 64 valence electrons. The maximum absolute atomic E-state index is 12.8. The summed E-state index contributed by atoms with van der Waals surface area (Å²) in [4.78, 5) is 10.6. The minimum absolute atomic E-state index is 0.305. The molecule has 0 saturated heterocycles. The lowest BCUT2D eigenvalue weighted by Crippen LogP contribution is -2.15. The Kier molecular flexibility index (Phi) is 2.61. The lowest BCUT2D eigenvalue weighted by Gasteiger charge is -2.01. The van der Waals surface area contributed by atoms with Crippen molar-refractivity contribution >= 4 is 28.5 Å². The van der Waals surface area contributed by atoms with Crippen molar-refractivity contribution in [3.05, 3.63) is 32.9 Å². The largest absolute Gasteiger partial charge is 0.365 e. The van der Waals surface area contributed by atoms with Crippen molar-refractivity contribution in [3.8, 4) is 0 Å². The number of benzene rings is 1. The van der Waals surface area contributed by atoms with Crippen molar-refractivity contribution in [2.24, 2.45) is 5.73 Å². The van der Waals surface area contributed by atoms with Crippen molar-refractivity contribution < 1.29 is 13.6 Å². The lowest BCUT2D eigenvalue weighted by atomic mass is 10.2. The van der Waals surface area contributed by atoms with Gasteiger partial charge >= 0.3 is 0 Å². The minimum atomic E-state index is -1.19. The Morgan fingerprint density at radius 2 is 2.00 bits per heavy atom. The highest BCUT2D eigenvalue weighted by molar-refractivity contribution is 14.1. The summed E-state index contributed by atoms with van der Waals surface area (Å²) < 4.78 is 25.7. The number of hydrogen-bond acceptors (Lipinski definition) is 1. The SMILES string of the molecule is NC(=O)c1c(I)ccc(F)c1F. The van der Waals surface area contributed by atoms with E-state index in [4.69, 9.17) is 5.73 Å². The molecule has 1 amide bonds. The average molecular weight is 283 g/mol. The molecule has 0 heterocycles. The van der Waals surface area contributed by atoms with Gasteiger partial charge in [0.25, 0.3) is 5.91 Å². The van der Waals surface area contributed by atoms with Crippen molar-refractivity contribution in [1.29, 1.82) is 0 Å². The minimum Gasteiger partial charge on any atom is -0.365 e. The third-order valence-electron chi connectivity index (χ3n) is 1.29. The van der Waals surface area contributed by atoms with Gasteiger partial charge in [-0.25, -0.2) is 8.78 Å². The quantitative estimate of drug-likeness (QED) is 0.618. The van der Waals surface area contributed by atoms with Crippen LogP contribution in [0.25, 0.3) is 0 Å². The molecule has 0 radical (unpaired) electrons. The van der Waals surface area contributed by atoms with E-state index in [1.807, 2.05) is 0 Å². The summed E-state index contributed by atoms with van der Waals surface area (Å²) >= 11 is 1.71. The predicted molar refractivity (Wildman–Crippen MR) is 47.6 cm³/mol. The standard InChI is InChI=1S/C7H4F2INO/c8-3-1-2-4(10)5(6(3)9)7(11)12/h1-2H,(H2,11,12). The van der Waals surface area contributed by atoms with Crippen LogP contribution < -0.4 is 5.73 Å². The highest BCUT2D eigenvalue weighted by atomic mass is 127. The van der Waals surface area contributed by atoms with Gasteiger partial charge in [-0.3, -0.25) is 4.79 Å². The van der Waals surface area contributed by atoms with Crippen LogP contribution in [0.4, 0.5) is 8.78 Å². The van der Waals surface area contributed by atoms with Gasteiger partial charge in [0.1, 0.15) is 0 Å². The van der Waals surface area contributed by atoms with Gasteiger partial charge in [0.2, 0.25) is 0 Å². The van der Waals surface area contributed by atoms with E-state index in [1.165, 1.54) is 6.07 Å². The highest BCUT2D eigenvalue weighted by Crippen LogP contribution is 2.17. The van der Waals surface area contributed by atoms with Crippen LogP contribution in [0, 0.1) is 15.2 Å². The average Bonchev–Trinajstić information content (AvgIpc) is 1.97. The number of hydrogen-bond donors (Lipinski definition) is 1. The first-order chi connectivity index (χ1) is 5.54. The monoisotopic (exact) mass is 283 g/mol. The fourth-order valence-electron chi connectivity index (χ4n) is 0.753. The Bertz CT molecular complexity index is 340. The van der Waals surface area contributed by atoms with E-state index in [9.17, 15) is 13.6 Å². The molecule has 0 aliphatic carbocycles. The Hall–Kier alpha value is -0.720. The zero-order valence-electron chi connectivity index (χ0n) is 5.77. The lowest BCUT2D eigenvalue weighted by molar-refractivity contribution is 0.0994. The maximum Gasteiger partial charge on any atom is 0.252 e. The summed E-state index contributed by atoms with van der Waals surface area (Å²) in [5, 5.41) is 0. The van der Waals surface area contributed by atoms with E-state index in [0.29, 0.717) is 3.57 Å². The molecule has 1 aromatic rings. The second-order valence-corrected chi connectivity index (χ2v) is 3.24. The second kappa shape index (κ2) is 3.34. The molecule has 0 bridgehead atoms. The van der Waals surface area contributed by atoms with Crippen molar-refractivity contribution in [2.45, 2.75) is 0 Å². The number of carbonyl (C=O) groups is 1. The Morgan fingerprint density at radius 1 is 1.42 bits per heavy atom. The van der Waals surface area contributed by atoms with E-state index in [1.54, 1.807) is 22.6 Å². The molecule has 0 aromatic heterocycles. The molecule has 2 nitrogen and oxygen atoms in total. The molecule has 0 unspecified atom stereocenters. The first-order valence-electron chi connectivity index (χ1n) is 2.97. The fraction of sp³-hybridized carbons (Fsp3) is 0. The first-order valence-corrected chi connectivity index (χ1v) is 4.05. The molecule has 0 spiro atoms. The normalized spacial score (nSPS) is 9.92. The maximum atomic E-state index is 12.8. The zero-order valence-corrected chi connectivity index (χ0v) is 7.93. The van der Waals surface area contributed by atoms with Gasteiger partial charge in [-0.05, 0) is 34.7 Å². The number of amides is 1. The highest BCUT2D eigenvalue weighted by Gasteiger charge is 2.15. The Labute approximate surface area is 80.9 Å². The molecule has 0 atom stereocenters. The summed E-state index contributed by atoms with van der Waals surface area (Å²) in [6, 6.07) is 2.24. The molecule has 1 rings (SSSR count).